The van der Waals surface area contributed by atoms with Crippen molar-refractivity contribution in [1.82, 2.24) is 0 Å². The smallest absolute Gasteiger partial charge is 0.300 e. The first-order valence-corrected chi connectivity index (χ1v) is 10.8. The topological polar surface area (TPSA) is 90.0 Å². The molecular weight excluding hydrogens is 430 g/mol. The average Bonchev–Trinajstić information content (AvgIpc) is 3.09. The van der Waals surface area contributed by atoms with Crippen LogP contribution in [0.15, 0.2) is 84.4 Å². The predicted octanol–water partition coefficient (Wildman–Crippen LogP) is 4.34. The second kappa shape index (κ2) is 9.23. The van der Waals surface area contributed by atoms with Gasteiger partial charge in [0.2, 0.25) is 5.91 Å². The molecule has 1 unspecified atom stereocenters. The number of aliphatic hydroxyl groups is 1. The Morgan fingerprint density at radius 3 is 2.24 bits per heavy atom. The molecule has 0 aliphatic carbocycles. The molecule has 2 N–H and O–H groups in total. The molecule has 0 spiro atoms. The van der Waals surface area contributed by atoms with Crippen LogP contribution in [-0.2, 0) is 14.4 Å². The minimum absolute atomic E-state index is 0.0127. The number of nitrogens with one attached hydrogen (secondary N) is 1. The van der Waals surface area contributed by atoms with E-state index in [1.54, 1.807) is 54.6 Å². The highest BCUT2D eigenvalue weighted by Crippen LogP contribution is 2.42. The van der Waals surface area contributed by atoms with Gasteiger partial charge in [0.1, 0.15) is 5.76 Å². The Morgan fingerprint density at radius 2 is 1.62 bits per heavy atom. The van der Waals surface area contributed by atoms with Gasteiger partial charge in [-0.3, -0.25) is 19.3 Å². The fourth-order valence-electron chi connectivity index (χ4n) is 4.06. The summed E-state index contributed by atoms with van der Waals surface area (Å²) in [7, 11) is 3.84. The second-order valence-corrected chi connectivity index (χ2v) is 8.25. The monoisotopic (exact) mass is 455 g/mol. The summed E-state index contributed by atoms with van der Waals surface area (Å²) in [4.78, 5) is 41.4. The molecule has 4 rings (SSSR count). The van der Waals surface area contributed by atoms with Gasteiger partial charge in [0.05, 0.1) is 11.6 Å². The Morgan fingerprint density at radius 1 is 0.941 bits per heavy atom. The number of ketones is 1. The fraction of sp³-hybridized carbons (Fsp3) is 0.148. The number of carbonyl (C=O) groups excluding carboxylic acids is 3. The van der Waals surface area contributed by atoms with Crippen LogP contribution in [0.2, 0.25) is 0 Å². The zero-order chi connectivity index (χ0) is 24.4. The van der Waals surface area contributed by atoms with Gasteiger partial charge >= 0.3 is 0 Å². The number of benzene rings is 3. The van der Waals surface area contributed by atoms with E-state index in [0.29, 0.717) is 22.5 Å². The van der Waals surface area contributed by atoms with E-state index in [9.17, 15) is 19.5 Å². The summed E-state index contributed by atoms with van der Waals surface area (Å²) < 4.78 is 0. The molecule has 7 heteroatoms. The molecule has 1 saturated heterocycles. The molecular formula is C27H25N3O4. The number of aliphatic hydroxyl groups excluding tert-OH is 1. The number of carbonyl (C=O) groups is 3. The first-order chi connectivity index (χ1) is 16.3. The van der Waals surface area contributed by atoms with Crippen LogP contribution in [0.1, 0.15) is 24.1 Å². The van der Waals surface area contributed by atoms with Crippen LogP contribution in [0, 0.1) is 0 Å². The minimum Gasteiger partial charge on any atom is -0.507 e. The Kier molecular flexibility index (Phi) is 6.19. The molecule has 0 bridgehead atoms. The van der Waals surface area contributed by atoms with Crippen LogP contribution < -0.4 is 15.1 Å². The SMILES string of the molecule is CC(=O)Nc1cccc(N2C(=O)C(=O)/C(=C(/O)c3ccccc3)C2c2ccc(N(C)C)cc2)c1. The number of amides is 2. The van der Waals surface area contributed by atoms with Gasteiger partial charge in [-0.15, -0.1) is 0 Å². The molecule has 3 aromatic rings. The Hall–Kier alpha value is -4.39. The number of anilines is 3. The van der Waals surface area contributed by atoms with Gasteiger partial charge in [0.25, 0.3) is 11.7 Å². The van der Waals surface area contributed by atoms with Crippen molar-refractivity contribution in [2.75, 3.05) is 29.2 Å². The van der Waals surface area contributed by atoms with Crippen LogP contribution in [0.4, 0.5) is 17.1 Å². The average molecular weight is 456 g/mol. The lowest BCUT2D eigenvalue weighted by Crippen LogP contribution is -2.29. The maximum atomic E-state index is 13.3. The van der Waals surface area contributed by atoms with E-state index in [2.05, 4.69) is 5.32 Å². The van der Waals surface area contributed by atoms with E-state index in [1.165, 1.54) is 11.8 Å². The normalized spacial score (nSPS) is 17.0. The number of hydrogen-bond acceptors (Lipinski definition) is 5. The predicted molar refractivity (Wildman–Crippen MR) is 133 cm³/mol. The zero-order valence-electron chi connectivity index (χ0n) is 19.1. The third-order valence-corrected chi connectivity index (χ3v) is 5.66. The summed E-state index contributed by atoms with van der Waals surface area (Å²) in [6.07, 6.45) is 0. The van der Waals surface area contributed by atoms with Crippen molar-refractivity contribution in [2.45, 2.75) is 13.0 Å². The van der Waals surface area contributed by atoms with Crippen molar-refractivity contribution in [2.24, 2.45) is 0 Å². The lowest BCUT2D eigenvalue weighted by Gasteiger charge is -2.26. The molecule has 1 atom stereocenters. The fourth-order valence-corrected chi connectivity index (χ4v) is 4.06. The molecule has 1 aliphatic heterocycles. The van der Waals surface area contributed by atoms with E-state index in [1.807, 2.05) is 43.3 Å². The molecule has 0 radical (unpaired) electrons. The summed E-state index contributed by atoms with van der Waals surface area (Å²) >= 11 is 0. The molecule has 1 fully saturated rings. The van der Waals surface area contributed by atoms with Crippen molar-refractivity contribution in [1.29, 1.82) is 0 Å². The van der Waals surface area contributed by atoms with Crippen LogP contribution in [0.5, 0.6) is 0 Å². The van der Waals surface area contributed by atoms with Gasteiger partial charge in [-0.25, -0.2) is 0 Å². The third kappa shape index (κ3) is 4.28. The molecule has 34 heavy (non-hydrogen) atoms. The van der Waals surface area contributed by atoms with Crippen LogP contribution in [0.25, 0.3) is 5.76 Å². The lowest BCUT2D eigenvalue weighted by atomic mass is 9.95. The molecule has 3 aromatic carbocycles. The van der Waals surface area contributed by atoms with Gasteiger partial charge in [0.15, 0.2) is 0 Å². The highest BCUT2D eigenvalue weighted by atomic mass is 16.3. The number of nitrogens with zero attached hydrogens (tertiary/aromatic N) is 2. The van der Waals surface area contributed by atoms with Gasteiger partial charge < -0.3 is 15.3 Å². The third-order valence-electron chi connectivity index (χ3n) is 5.66. The molecule has 1 aliphatic rings. The minimum atomic E-state index is -0.844. The Balaban J connectivity index is 1.90. The van der Waals surface area contributed by atoms with Crippen molar-refractivity contribution >= 4 is 40.4 Å². The van der Waals surface area contributed by atoms with E-state index in [4.69, 9.17) is 0 Å². The maximum absolute atomic E-state index is 13.3. The van der Waals surface area contributed by atoms with E-state index in [-0.39, 0.29) is 17.2 Å². The Labute approximate surface area is 197 Å². The molecule has 0 aromatic heterocycles. The van der Waals surface area contributed by atoms with Crippen LogP contribution in [0.3, 0.4) is 0 Å². The Bertz CT molecular complexity index is 1280. The number of Topliss-reactive ketones (excluding diaryl/α,β-unsaturated/α-hetero) is 1. The molecule has 2 amide bonds. The summed E-state index contributed by atoms with van der Waals surface area (Å²) in [5, 5.41) is 13.8. The van der Waals surface area contributed by atoms with Gasteiger partial charge in [-0.05, 0) is 35.9 Å². The molecule has 1 heterocycles. The lowest BCUT2D eigenvalue weighted by molar-refractivity contribution is -0.132. The van der Waals surface area contributed by atoms with E-state index < -0.39 is 17.7 Å². The van der Waals surface area contributed by atoms with Crippen molar-refractivity contribution in [3.8, 4) is 0 Å². The summed E-state index contributed by atoms with van der Waals surface area (Å²) in [6.45, 7) is 1.39. The maximum Gasteiger partial charge on any atom is 0.300 e. The first kappa shape index (κ1) is 22.8. The molecule has 172 valence electrons. The van der Waals surface area contributed by atoms with E-state index in [0.717, 1.165) is 5.69 Å². The zero-order valence-corrected chi connectivity index (χ0v) is 19.1. The van der Waals surface area contributed by atoms with Crippen molar-refractivity contribution in [3.05, 3.63) is 95.6 Å². The van der Waals surface area contributed by atoms with Crippen LogP contribution >= 0.6 is 0 Å². The van der Waals surface area contributed by atoms with Gasteiger partial charge in [-0.1, -0.05) is 48.5 Å². The second-order valence-electron chi connectivity index (χ2n) is 8.25. The largest absolute Gasteiger partial charge is 0.507 e. The number of rotatable bonds is 5. The first-order valence-electron chi connectivity index (χ1n) is 10.8. The van der Waals surface area contributed by atoms with Crippen molar-refractivity contribution < 1.29 is 19.5 Å². The highest BCUT2D eigenvalue weighted by Gasteiger charge is 2.47. The molecule has 0 saturated carbocycles. The van der Waals surface area contributed by atoms with Crippen LogP contribution in [-0.4, -0.2) is 36.8 Å². The van der Waals surface area contributed by atoms with Gasteiger partial charge in [0, 0.05) is 43.6 Å². The van der Waals surface area contributed by atoms with Gasteiger partial charge in [-0.2, -0.15) is 0 Å². The summed E-state index contributed by atoms with van der Waals surface area (Å²) in [5.74, 6) is -2.01. The van der Waals surface area contributed by atoms with Crippen molar-refractivity contribution in [3.63, 3.8) is 0 Å². The summed E-state index contributed by atoms with van der Waals surface area (Å²) in [5.41, 5.74) is 3.02. The standard InChI is InChI=1S/C27H25N3O4/c1-17(31)28-20-10-7-11-22(16-20)30-24(18-12-14-21(15-13-18)29(2)3)23(26(33)27(30)34)25(32)19-8-5-4-6-9-19/h4-16,24,32H,1-3H3,(H,28,31)/b25-23+. The summed E-state index contributed by atoms with van der Waals surface area (Å²) in [6, 6.07) is 22.0. The highest BCUT2D eigenvalue weighted by molar-refractivity contribution is 6.51. The quantitative estimate of drug-likeness (QED) is 0.339. The van der Waals surface area contributed by atoms with E-state index >= 15 is 0 Å². The number of hydrogen-bond donors (Lipinski definition) is 2. The molecule has 7 nitrogen and oxygen atoms in total.